The van der Waals surface area contributed by atoms with E-state index in [4.69, 9.17) is 9.47 Å². The highest BCUT2D eigenvalue weighted by molar-refractivity contribution is 5.38. The van der Waals surface area contributed by atoms with Crippen LogP contribution in [0.25, 0.3) is 0 Å². The number of phenolic OH excluding ortho intramolecular Hbond substituents is 1. The van der Waals surface area contributed by atoms with Gasteiger partial charge < -0.3 is 14.6 Å². The minimum Gasteiger partial charge on any atom is -0.504 e. The van der Waals surface area contributed by atoms with Crippen LogP contribution >= 0.6 is 0 Å². The molecule has 2 rings (SSSR count). The number of hydrogen-bond donors (Lipinski definition) is 1. The molecule has 0 bridgehead atoms. The molecule has 3 nitrogen and oxygen atoms in total. The number of para-hydroxylation sites is 2. The molecular formula is C14H13FO3. The van der Waals surface area contributed by atoms with Crippen LogP contribution in [0.4, 0.5) is 4.39 Å². The van der Waals surface area contributed by atoms with Crippen LogP contribution in [0.3, 0.4) is 0 Å². The minimum atomic E-state index is -0.434. The zero-order valence-corrected chi connectivity index (χ0v) is 9.89. The number of benzene rings is 2. The molecule has 0 amide bonds. The lowest BCUT2D eigenvalue weighted by atomic mass is 10.2. The molecule has 0 spiro atoms. The molecule has 18 heavy (non-hydrogen) atoms. The number of phenols is 1. The van der Waals surface area contributed by atoms with Crippen molar-refractivity contribution in [3.8, 4) is 17.2 Å². The van der Waals surface area contributed by atoms with E-state index in [0.717, 1.165) is 0 Å². The van der Waals surface area contributed by atoms with Crippen molar-refractivity contribution in [3.63, 3.8) is 0 Å². The lowest BCUT2D eigenvalue weighted by molar-refractivity contribution is 0.288. The van der Waals surface area contributed by atoms with E-state index >= 15 is 0 Å². The molecule has 1 N–H and O–H groups in total. The van der Waals surface area contributed by atoms with E-state index < -0.39 is 5.82 Å². The van der Waals surface area contributed by atoms with Crippen molar-refractivity contribution in [2.45, 2.75) is 6.61 Å². The second-order valence-electron chi connectivity index (χ2n) is 3.73. The summed E-state index contributed by atoms with van der Waals surface area (Å²) in [5.41, 5.74) is 0.663. The average Bonchev–Trinajstić information content (AvgIpc) is 2.38. The topological polar surface area (TPSA) is 38.7 Å². The van der Waals surface area contributed by atoms with Crippen molar-refractivity contribution in [1.82, 2.24) is 0 Å². The number of hydrogen-bond acceptors (Lipinski definition) is 3. The number of halogens is 1. The largest absolute Gasteiger partial charge is 0.504 e. The van der Waals surface area contributed by atoms with Gasteiger partial charge in [0.1, 0.15) is 6.61 Å². The third-order valence-corrected chi connectivity index (χ3v) is 2.48. The van der Waals surface area contributed by atoms with Gasteiger partial charge in [-0.25, -0.2) is 4.39 Å². The fourth-order valence-electron chi connectivity index (χ4n) is 1.54. The minimum absolute atomic E-state index is 0.0616. The summed E-state index contributed by atoms with van der Waals surface area (Å²) in [5.74, 6) is 0.192. The predicted molar refractivity (Wildman–Crippen MR) is 65.4 cm³/mol. The van der Waals surface area contributed by atoms with E-state index in [1.807, 2.05) is 0 Å². The molecule has 0 saturated heterocycles. The molecule has 4 heteroatoms. The number of ether oxygens (including phenoxy) is 2. The van der Waals surface area contributed by atoms with Gasteiger partial charge >= 0.3 is 0 Å². The molecule has 0 aliphatic rings. The van der Waals surface area contributed by atoms with Gasteiger partial charge in [-0.2, -0.15) is 0 Å². The summed E-state index contributed by atoms with van der Waals surface area (Å²) in [4.78, 5) is 0. The van der Waals surface area contributed by atoms with Gasteiger partial charge in [0.25, 0.3) is 0 Å². The molecule has 2 aromatic rings. The highest BCUT2D eigenvalue weighted by Crippen LogP contribution is 2.26. The molecular weight excluding hydrogens is 235 g/mol. The van der Waals surface area contributed by atoms with Crippen LogP contribution in [-0.2, 0) is 6.61 Å². The molecule has 0 radical (unpaired) electrons. The fraction of sp³-hybridized carbons (Fsp3) is 0.143. The molecule has 0 aliphatic carbocycles. The molecule has 94 valence electrons. The summed E-state index contributed by atoms with van der Waals surface area (Å²) < 4.78 is 23.6. The molecule has 2 aromatic carbocycles. The van der Waals surface area contributed by atoms with Gasteiger partial charge in [0.15, 0.2) is 23.1 Å². The average molecular weight is 248 g/mol. The Balaban J connectivity index is 2.07. The Morgan fingerprint density at radius 1 is 1.11 bits per heavy atom. The van der Waals surface area contributed by atoms with Gasteiger partial charge in [-0.15, -0.1) is 0 Å². The zero-order valence-electron chi connectivity index (χ0n) is 9.89. The van der Waals surface area contributed by atoms with Crippen molar-refractivity contribution in [3.05, 3.63) is 53.8 Å². The van der Waals surface area contributed by atoms with Gasteiger partial charge in [0.05, 0.1) is 7.11 Å². The first-order valence-electron chi connectivity index (χ1n) is 5.44. The van der Waals surface area contributed by atoms with Crippen LogP contribution < -0.4 is 9.47 Å². The van der Waals surface area contributed by atoms with E-state index in [0.29, 0.717) is 11.3 Å². The van der Waals surface area contributed by atoms with E-state index in [-0.39, 0.29) is 18.1 Å². The van der Waals surface area contributed by atoms with Crippen LogP contribution in [0.1, 0.15) is 5.56 Å². The Kier molecular flexibility index (Phi) is 3.67. The SMILES string of the molecule is COc1ccc(COc2ccccc2O)cc1F. The van der Waals surface area contributed by atoms with Crippen molar-refractivity contribution in [2.75, 3.05) is 7.11 Å². The summed E-state index contributed by atoms with van der Waals surface area (Å²) >= 11 is 0. The molecule has 0 heterocycles. The van der Waals surface area contributed by atoms with Crippen molar-refractivity contribution >= 4 is 0 Å². The maximum Gasteiger partial charge on any atom is 0.165 e. The fourth-order valence-corrected chi connectivity index (χ4v) is 1.54. The van der Waals surface area contributed by atoms with Gasteiger partial charge in [0, 0.05) is 0 Å². The predicted octanol–water partition coefficient (Wildman–Crippen LogP) is 3.12. The normalized spacial score (nSPS) is 10.1. The third-order valence-electron chi connectivity index (χ3n) is 2.48. The molecule has 0 saturated carbocycles. The maximum absolute atomic E-state index is 13.4. The van der Waals surface area contributed by atoms with E-state index in [2.05, 4.69) is 0 Å². The van der Waals surface area contributed by atoms with E-state index in [9.17, 15) is 9.50 Å². The van der Waals surface area contributed by atoms with Gasteiger partial charge in [0.2, 0.25) is 0 Å². The Morgan fingerprint density at radius 3 is 2.56 bits per heavy atom. The molecule has 0 aliphatic heterocycles. The second-order valence-corrected chi connectivity index (χ2v) is 3.73. The number of rotatable bonds is 4. The zero-order chi connectivity index (χ0) is 13.0. The lowest BCUT2D eigenvalue weighted by Gasteiger charge is -2.09. The molecule has 0 aromatic heterocycles. The summed E-state index contributed by atoms with van der Waals surface area (Å²) in [5, 5.41) is 9.51. The third kappa shape index (κ3) is 2.71. The van der Waals surface area contributed by atoms with Crippen molar-refractivity contribution in [2.24, 2.45) is 0 Å². The first-order chi connectivity index (χ1) is 8.70. The summed E-state index contributed by atoms with van der Waals surface area (Å²) in [6, 6.07) is 11.2. The highest BCUT2D eigenvalue weighted by Gasteiger charge is 2.05. The van der Waals surface area contributed by atoms with Crippen molar-refractivity contribution < 1.29 is 19.0 Å². The Morgan fingerprint density at radius 2 is 1.89 bits per heavy atom. The lowest BCUT2D eigenvalue weighted by Crippen LogP contribution is -1.97. The molecule has 0 unspecified atom stereocenters. The number of aromatic hydroxyl groups is 1. The van der Waals surface area contributed by atoms with E-state index in [1.54, 1.807) is 30.3 Å². The summed E-state index contributed by atoms with van der Waals surface area (Å²) in [7, 11) is 1.41. The van der Waals surface area contributed by atoms with Crippen LogP contribution in [0.15, 0.2) is 42.5 Å². The Hall–Kier alpha value is -2.23. The molecule has 0 fully saturated rings. The Labute approximate surface area is 104 Å². The van der Waals surface area contributed by atoms with E-state index in [1.165, 1.54) is 19.2 Å². The van der Waals surface area contributed by atoms with Crippen LogP contribution in [0, 0.1) is 5.82 Å². The highest BCUT2D eigenvalue weighted by atomic mass is 19.1. The van der Waals surface area contributed by atoms with Gasteiger partial charge in [-0.1, -0.05) is 18.2 Å². The standard InChI is InChI=1S/C14H13FO3/c1-17-13-7-6-10(8-11(13)15)9-18-14-5-3-2-4-12(14)16/h2-8,16H,9H2,1H3. The summed E-state index contributed by atoms with van der Waals surface area (Å²) in [6.07, 6.45) is 0. The van der Waals surface area contributed by atoms with Crippen molar-refractivity contribution in [1.29, 1.82) is 0 Å². The van der Waals surface area contributed by atoms with Crippen LogP contribution in [-0.4, -0.2) is 12.2 Å². The first-order valence-corrected chi connectivity index (χ1v) is 5.44. The first kappa shape index (κ1) is 12.2. The quantitative estimate of drug-likeness (QED) is 0.903. The number of methoxy groups -OCH3 is 1. The van der Waals surface area contributed by atoms with Gasteiger partial charge in [-0.05, 0) is 29.8 Å². The Bertz CT molecular complexity index is 540. The summed E-state index contributed by atoms with van der Waals surface area (Å²) in [6.45, 7) is 0.179. The second kappa shape index (κ2) is 5.40. The smallest absolute Gasteiger partial charge is 0.165 e. The maximum atomic E-state index is 13.4. The monoisotopic (exact) mass is 248 g/mol. The van der Waals surface area contributed by atoms with Crippen LogP contribution in [0.5, 0.6) is 17.2 Å². The molecule has 0 atom stereocenters. The van der Waals surface area contributed by atoms with Gasteiger partial charge in [-0.3, -0.25) is 0 Å². The van der Waals surface area contributed by atoms with Crippen LogP contribution in [0.2, 0.25) is 0 Å².